The molecule has 90 valence electrons. The smallest absolute Gasteiger partial charge is 0.123 e. The van der Waals surface area contributed by atoms with E-state index in [-0.39, 0.29) is 11.9 Å². The van der Waals surface area contributed by atoms with E-state index in [0.29, 0.717) is 0 Å². The maximum absolute atomic E-state index is 12.9. The summed E-state index contributed by atoms with van der Waals surface area (Å²) < 4.78 is 14.7. The van der Waals surface area contributed by atoms with E-state index in [4.69, 9.17) is 5.73 Å². The van der Waals surface area contributed by atoms with Gasteiger partial charge in [-0.25, -0.2) is 4.39 Å². The third-order valence-electron chi connectivity index (χ3n) is 3.10. The van der Waals surface area contributed by atoms with Gasteiger partial charge in [0.1, 0.15) is 5.82 Å². The maximum atomic E-state index is 12.9. The van der Waals surface area contributed by atoms with E-state index in [1.54, 1.807) is 12.1 Å². The molecule has 1 atom stereocenters. The molecule has 0 aliphatic carbocycles. The lowest BCUT2D eigenvalue weighted by Gasteiger charge is -2.14. The molecule has 0 amide bonds. The number of nitrogens with two attached hydrogens (primary N) is 1. The summed E-state index contributed by atoms with van der Waals surface area (Å²) in [5.41, 5.74) is 9.41. The van der Waals surface area contributed by atoms with Gasteiger partial charge in [0, 0.05) is 0 Å². The fourth-order valence-corrected chi connectivity index (χ4v) is 1.94. The van der Waals surface area contributed by atoms with Crippen molar-refractivity contribution in [2.45, 2.75) is 26.8 Å². The van der Waals surface area contributed by atoms with Gasteiger partial charge in [-0.2, -0.15) is 5.10 Å². The summed E-state index contributed by atoms with van der Waals surface area (Å²) in [5.74, 6) is -0.228. The predicted octanol–water partition coefficient (Wildman–Crippen LogP) is 2.83. The van der Waals surface area contributed by atoms with Gasteiger partial charge in [0.05, 0.1) is 23.1 Å². The fraction of sp³-hybridized carbons (Fsp3) is 0.308. The van der Waals surface area contributed by atoms with Gasteiger partial charge in [0.2, 0.25) is 0 Å². The second kappa shape index (κ2) is 4.20. The van der Waals surface area contributed by atoms with E-state index in [0.717, 1.165) is 22.6 Å². The van der Waals surface area contributed by atoms with Crippen molar-refractivity contribution < 1.29 is 4.39 Å². The normalized spacial score (nSPS) is 12.7. The van der Waals surface area contributed by atoms with Crippen LogP contribution < -0.4 is 5.73 Å². The molecule has 0 aliphatic heterocycles. The molecule has 4 heteroatoms. The quantitative estimate of drug-likeness (QED) is 0.866. The third kappa shape index (κ3) is 2.02. The van der Waals surface area contributed by atoms with Crippen molar-refractivity contribution in [1.82, 2.24) is 9.78 Å². The molecule has 1 heterocycles. The molecule has 0 spiro atoms. The maximum Gasteiger partial charge on any atom is 0.123 e. The van der Waals surface area contributed by atoms with Crippen LogP contribution in [0.1, 0.15) is 29.9 Å². The van der Waals surface area contributed by atoms with E-state index in [2.05, 4.69) is 5.10 Å². The summed E-state index contributed by atoms with van der Waals surface area (Å²) in [6.45, 7) is 5.84. The van der Waals surface area contributed by atoms with E-state index in [1.807, 2.05) is 25.5 Å². The van der Waals surface area contributed by atoms with Gasteiger partial charge in [0.15, 0.2) is 0 Å². The number of anilines is 1. The highest BCUT2D eigenvalue weighted by Crippen LogP contribution is 2.23. The standard InChI is InChI=1S/C13H16FN3/c1-8-13(15)10(3)17(16-8)9(2)11-4-6-12(14)7-5-11/h4-7,9H,15H2,1-3H3. The monoisotopic (exact) mass is 233 g/mol. The van der Waals surface area contributed by atoms with E-state index >= 15 is 0 Å². The number of aryl methyl sites for hydroxylation is 1. The van der Waals surface area contributed by atoms with Crippen LogP contribution in [-0.2, 0) is 0 Å². The first kappa shape index (κ1) is 11.6. The van der Waals surface area contributed by atoms with Gasteiger partial charge in [-0.15, -0.1) is 0 Å². The molecule has 0 aliphatic rings. The van der Waals surface area contributed by atoms with Crippen molar-refractivity contribution in [3.8, 4) is 0 Å². The SMILES string of the molecule is Cc1nn(C(C)c2ccc(F)cc2)c(C)c1N. The molecule has 3 nitrogen and oxygen atoms in total. The third-order valence-corrected chi connectivity index (χ3v) is 3.10. The molecule has 1 aromatic carbocycles. The van der Waals surface area contributed by atoms with Crippen molar-refractivity contribution in [2.24, 2.45) is 0 Å². The topological polar surface area (TPSA) is 43.8 Å². The van der Waals surface area contributed by atoms with E-state index in [1.165, 1.54) is 12.1 Å². The molecule has 2 rings (SSSR count). The number of hydrogen-bond donors (Lipinski definition) is 1. The van der Waals surface area contributed by atoms with Gasteiger partial charge in [-0.3, -0.25) is 4.68 Å². The molecule has 0 saturated carbocycles. The molecule has 1 unspecified atom stereocenters. The minimum absolute atomic E-state index is 0.0478. The van der Waals surface area contributed by atoms with Gasteiger partial charge in [-0.05, 0) is 38.5 Å². The van der Waals surface area contributed by atoms with Crippen LogP contribution in [-0.4, -0.2) is 9.78 Å². The average molecular weight is 233 g/mol. The molecule has 0 saturated heterocycles. The molecule has 2 aromatic rings. The highest BCUT2D eigenvalue weighted by Gasteiger charge is 2.15. The highest BCUT2D eigenvalue weighted by molar-refractivity contribution is 5.47. The summed E-state index contributed by atoms with van der Waals surface area (Å²) in [6.07, 6.45) is 0. The van der Waals surface area contributed by atoms with Crippen LogP contribution in [0.15, 0.2) is 24.3 Å². The molecule has 0 radical (unpaired) electrons. The molecular formula is C13H16FN3. The fourth-order valence-electron chi connectivity index (χ4n) is 1.94. The highest BCUT2D eigenvalue weighted by atomic mass is 19.1. The molecule has 0 bridgehead atoms. The lowest BCUT2D eigenvalue weighted by atomic mass is 10.1. The van der Waals surface area contributed by atoms with Gasteiger partial charge in [0.25, 0.3) is 0 Å². The average Bonchev–Trinajstić information content (AvgIpc) is 2.57. The lowest BCUT2D eigenvalue weighted by Crippen LogP contribution is -2.10. The molecule has 0 fully saturated rings. The van der Waals surface area contributed by atoms with Crippen LogP contribution in [0.4, 0.5) is 10.1 Å². The zero-order valence-electron chi connectivity index (χ0n) is 10.2. The Hall–Kier alpha value is -1.84. The Morgan fingerprint density at radius 2 is 1.82 bits per heavy atom. The van der Waals surface area contributed by atoms with E-state index in [9.17, 15) is 4.39 Å². The van der Waals surface area contributed by atoms with E-state index < -0.39 is 0 Å². The molecule has 2 N–H and O–H groups in total. The number of aromatic nitrogens is 2. The molecule has 17 heavy (non-hydrogen) atoms. The van der Waals surface area contributed by atoms with Crippen molar-refractivity contribution in [3.63, 3.8) is 0 Å². The van der Waals surface area contributed by atoms with Crippen LogP contribution >= 0.6 is 0 Å². The largest absolute Gasteiger partial charge is 0.396 e. The second-order valence-corrected chi connectivity index (χ2v) is 4.26. The Balaban J connectivity index is 2.40. The summed E-state index contributed by atoms with van der Waals surface area (Å²) in [5, 5.41) is 4.41. The van der Waals surface area contributed by atoms with Crippen molar-refractivity contribution in [3.05, 3.63) is 47.0 Å². The van der Waals surface area contributed by atoms with Gasteiger partial charge in [-0.1, -0.05) is 12.1 Å². The Morgan fingerprint density at radius 1 is 1.24 bits per heavy atom. The van der Waals surface area contributed by atoms with Crippen LogP contribution in [0.3, 0.4) is 0 Å². The van der Waals surface area contributed by atoms with Gasteiger partial charge < -0.3 is 5.73 Å². The number of hydrogen-bond acceptors (Lipinski definition) is 2. The second-order valence-electron chi connectivity index (χ2n) is 4.26. The first-order valence-corrected chi connectivity index (χ1v) is 5.57. The lowest BCUT2D eigenvalue weighted by molar-refractivity contribution is 0.544. The minimum Gasteiger partial charge on any atom is -0.396 e. The number of nitrogens with zero attached hydrogens (tertiary/aromatic N) is 2. The van der Waals surface area contributed by atoms with Crippen molar-refractivity contribution in [1.29, 1.82) is 0 Å². The number of halogens is 1. The Labute approximate surface area is 100 Å². The van der Waals surface area contributed by atoms with Crippen molar-refractivity contribution in [2.75, 3.05) is 5.73 Å². The Kier molecular flexibility index (Phi) is 2.88. The Morgan fingerprint density at radius 3 is 2.29 bits per heavy atom. The van der Waals surface area contributed by atoms with Crippen LogP contribution in [0, 0.1) is 19.7 Å². The molecular weight excluding hydrogens is 217 g/mol. The van der Waals surface area contributed by atoms with Crippen LogP contribution in [0.25, 0.3) is 0 Å². The summed E-state index contributed by atoms with van der Waals surface area (Å²) in [7, 11) is 0. The first-order chi connectivity index (χ1) is 8.00. The number of benzene rings is 1. The van der Waals surface area contributed by atoms with Crippen molar-refractivity contribution >= 4 is 5.69 Å². The zero-order valence-corrected chi connectivity index (χ0v) is 10.2. The summed E-state index contributed by atoms with van der Waals surface area (Å²) in [4.78, 5) is 0. The zero-order chi connectivity index (χ0) is 12.6. The molecule has 1 aromatic heterocycles. The first-order valence-electron chi connectivity index (χ1n) is 5.57. The van der Waals surface area contributed by atoms with Crippen LogP contribution in [0.2, 0.25) is 0 Å². The summed E-state index contributed by atoms with van der Waals surface area (Å²) >= 11 is 0. The predicted molar refractivity (Wildman–Crippen MR) is 66.3 cm³/mol. The minimum atomic E-state index is -0.228. The number of nitrogen functional groups attached to an aromatic ring is 1. The Bertz CT molecular complexity index is 528. The summed E-state index contributed by atoms with van der Waals surface area (Å²) in [6, 6.07) is 6.51. The number of rotatable bonds is 2. The van der Waals surface area contributed by atoms with Gasteiger partial charge >= 0.3 is 0 Å². The van der Waals surface area contributed by atoms with Crippen LogP contribution in [0.5, 0.6) is 0 Å².